The van der Waals surface area contributed by atoms with Gasteiger partial charge in [-0.05, 0) is 60.7 Å². The van der Waals surface area contributed by atoms with E-state index in [4.69, 9.17) is 9.47 Å². The highest BCUT2D eigenvalue weighted by molar-refractivity contribution is 5.84. The first-order chi connectivity index (χ1) is 11.5. The van der Waals surface area contributed by atoms with Gasteiger partial charge in [-0.3, -0.25) is 4.79 Å². The Balaban J connectivity index is 1.46. The summed E-state index contributed by atoms with van der Waals surface area (Å²) in [6.07, 6.45) is 10.5. The Morgan fingerprint density at radius 3 is 2.58 bits per heavy atom. The Morgan fingerprint density at radius 2 is 1.79 bits per heavy atom. The minimum atomic E-state index is -0.309. The number of ketones is 1. The molecule has 1 spiro atoms. The van der Waals surface area contributed by atoms with Crippen LogP contribution in [0.25, 0.3) is 0 Å². The van der Waals surface area contributed by atoms with Crippen LogP contribution in [0.3, 0.4) is 0 Å². The van der Waals surface area contributed by atoms with Gasteiger partial charge in [-0.2, -0.15) is 0 Å². The van der Waals surface area contributed by atoms with Gasteiger partial charge in [0.2, 0.25) is 0 Å². The minimum Gasteiger partial charge on any atom is -0.348 e. The summed E-state index contributed by atoms with van der Waals surface area (Å²) in [7, 11) is 0. The molecule has 3 nitrogen and oxygen atoms in total. The molecule has 0 aromatic rings. The number of rotatable bonds is 0. The van der Waals surface area contributed by atoms with Crippen LogP contribution in [0, 0.1) is 34.5 Å². The van der Waals surface area contributed by atoms with E-state index in [0.29, 0.717) is 29.0 Å². The summed E-state index contributed by atoms with van der Waals surface area (Å²) in [5, 5.41) is 0. The Morgan fingerprint density at radius 1 is 1.00 bits per heavy atom. The van der Waals surface area contributed by atoms with Crippen molar-refractivity contribution in [2.45, 2.75) is 77.4 Å². The second-order valence-electron chi connectivity index (χ2n) is 10.0. The van der Waals surface area contributed by atoms with Crippen molar-refractivity contribution in [3.05, 3.63) is 0 Å². The Kier molecular flexibility index (Phi) is 3.34. The number of Topliss-reactive ketones (excluding diaryl/α,β-unsaturated/α-hetero) is 1. The summed E-state index contributed by atoms with van der Waals surface area (Å²) in [4.78, 5) is 13.3. The molecule has 0 bridgehead atoms. The SMILES string of the molecule is C[C@@]12CCC[C@@H]1[C@H]1CC[C@H]3CC4(CC[C@]3(C)[C@@H]1C(=O)C2)OCCO4. The number of fused-ring (bicyclic) bond motifs is 5. The molecular weight excluding hydrogens is 300 g/mol. The van der Waals surface area contributed by atoms with Gasteiger partial charge in [0.1, 0.15) is 5.78 Å². The third-order valence-electron chi connectivity index (χ3n) is 8.94. The van der Waals surface area contributed by atoms with Crippen molar-refractivity contribution in [2.24, 2.45) is 34.5 Å². The first-order valence-electron chi connectivity index (χ1n) is 10.3. The highest BCUT2D eigenvalue weighted by Gasteiger charge is 2.63. The van der Waals surface area contributed by atoms with E-state index >= 15 is 0 Å². The van der Waals surface area contributed by atoms with Crippen LogP contribution in [0.5, 0.6) is 0 Å². The largest absolute Gasteiger partial charge is 0.348 e. The van der Waals surface area contributed by atoms with E-state index in [1.165, 1.54) is 32.1 Å². The number of carbonyl (C=O) groups is 1. The third-order valence-corrected chi connectivity index (χ3v) is 8.94. The van der Waals surface area contributed by atoms with Crippen LogP contribution in [-0.2, 0) is 14.3 Å². The molecule has 134 valence electrons. The minimum absolute atomic E-state index is 0.185. The van der Waals surface area contributed by atoms with Crippen molar-refractivity contribution in [3.63, 3.8) is 0 Å². The van der Waals surface area contributed by atoms with Crippen LogP contribution in [0.2, 0.25) is 0 Å². The molecule has 5 rings (SSSR count). The molecule has 5 fully saturated rings. The van der Waals surface area contributed by atoms with Gasteiger partial charge >= 0.3 is 0 Å². The van der Waals surface area contributed by atoms with Crippen molar-refractivity contribution >= 4 is 5.78 Å². The summed E-state index contributed by atoms with van der Waals surface area (Å²) in [5.41, 5.74) is 0.499. The van der Waals surface area contributed by atoms with Gasteiger partial charge in [0.05, 0.1) is 13.2 Å². The maximum absolute atomic E-state index is 13.3. The third kappa shape index (κ3) is 2.00. The van der Waals surface area contributed by atoms with Gasteiger partial charge in [-0.15, -0.1) is 0 Å². The van der Waals surface area contributed by atoms with Gasteiger partial charge in [0, 0.05) is 25.2 Å². The van der Waals surface area contributed by atoms with E-state index in [0.717, 1.165) is 44.8 Å². The van der Waals surface area contributed by atoms with Crippen LogP contribution in [0.15, 0.2) is 0 Å². The standard InChI is InChI=1S/C21H32O3/c1-19-7-3-4-16(19)15-6-5-14-12-21(23-10-11-24-21)9-8-20(14,2)18(15)17(22)13-19/h14-16,18H,3-13H2,1-2H3/t14-,15+,16+,18-,19-,20-/m0/s1. The van der Waals surface area contributed by atoms with Gasteiger partial charge in [0.25, 0.3) is 0 Å². The zero-order chi connectivity index (χ0) is 16.6. The van der Waals surface area contributed by atoms with Gasteiger partial charge in [-0.1, -0.05) is 20.3 Å². The number of hydrogen-bond donors (Lipinski definition) is 0. The summed E-state index contributed by atoms with van der Waals surface area (Å²) in [6, 6.07) is 0. The van der Waals surface area contributed by atoms with Crippen molar-refractivity contribution in [1.82, 2.24) is 0 Å². The summed E-state index contributed by atoms with van der Waals surface area (Å²) < 4.78 is 12.0. The molecule has 0 radical (unpaired) electrons. The molecule has 4 saturated carbocycles. The van der Waals surface area contributed by atoms with E-state index in [1.54, 1.807) is 0 Å². The highest BCUT2D eigenvalue weighted by atomic mass is 16.7. The lowest BCUT2D eigenvalue weighted by Gasteiger charge is -2.60. The summed E-state index contributed by atoms with van der Waals surface area (Å²) >= 11 is 0. The van der Waals surface area contributed by atoms with E-state index < -0.39 is 0 Å². The molecule has 0 aromatic carbocycles. The Labute approximate surface area is 145 Å². The topological polar surface area (TPSA) is 35.5 Å². The van der Waals surface area contributed by atoms with Gasteiger partial charge in [0.15, 0.2) is 5.79 Å². The predicted molar refractivity (Wildman–Crippen MR) is 91.4 cm³/mol. The van der Waals surface area contributed by atoms with Crippen molar-refractivity contribution in [3.8, 4) is 0 Å². The lowest BCUT2D eigenvalue weighted by molar-refractivity contribution is -0.226. The zero-order valence-electron chi connectivity index (χ0n) is 15.3. The van der Waals surface area contributed by atoms with Gasteiger partial charge in [-0.25, -0.2) is 0 Å². The number of hydrogen-bond acceptors (Lipinski definition) is 3. The Hall–Kier alpha value is -0.410. The van der Waals surface area contributed by atoms with Crippen LogP contribution < -0.4 is 0 Å². The van der Waals surface area contributed by atoms with Crippen molar-refractivity contribution in [2.75, 3.05) is 13.2 Å². The monoisotopic (exact) mass is 332 g/mol. The molecule has 1 saturated heterocycles. The van der Waals surface area contributed by atoms with E-state index in [9.17, 15) is 4.79 Å². The molecule has 0 N–H and O–H groups in total. The maximum Gasteiger partial charge on any atom is 0.168 e. The lowest BCUT2D eigenvalue weighted by Crippen LogP contribution is -2.58. The fourth-order valence-electron chi connectivity index (χ4n) is 7.78. The molecule has 4 aliphatic carbocycles. The smallest absolute Gasteiger partial charge is 0.168 e. The van der Waals surface area contributed by atoms with Crippen molar-refractivity contribution in [1.29, 1.82) is 0 Å². The molecule has 0 unspecified atom stereocenters. The second kappa shape index (κ2) is 5.07. The van der Waals surface area contributed by atoms with Crippen LogP contribution >= 0.6 is 0 Å². The lowest BCUT2D eigenvalue weighted by atomic mass is 9.44. The van der Waals surface area contributed by atoms with E-state index in [-0.39, 0.29) is 11.2 Å². The molecule has 6 atom stereocenters. The normalized spacial score (nSPS) is 52.8. The summed E-state index contributed by atoms with van der Waals surface area (Å²) in [6.45, 7) is 6.33. The zero-order valence-corrected chi connectivity index (χ0v) is 15.3. The first kappa shape index (κ1) is 15.8. The maximum atomic E-state index is 13.3. The summed E-state index contributed by atoms with van der Waals surface area (Å²) in [5.74, 6) is 2.65. The molecule has 1 aliphatic heterocycles. The predicted octanol–water partition coefficient (Wildman–Crippen LogP) is 4.34. The number of ether oxygens (including phenoxy) is 2. The van der Waals surface area contributed by atoms with Crippen LogP contribution in [0.4, 0.5) is 0 Å². The average Bonchev–Trinajstić information content (AvgIpc) is 3.14. The highest BCUT2D eigenvalue weighted by Crippen LogP contribution is 2.66. The van der Waals surface area contributed by atoms with E-state index in [1.807, 2.05) is 0 Å². The van der Waals surface area contributed by atoms with Crippen LogP contribution in [-0.4, -0.2) is 24.8 Å². The first-order valence-corrected chi connectivity index (χ1v) is 10.3. The number of carbonyl (C=O) groups excluding carboxylic acids is 1. The second-order valence-corrected chi connectivity index (χ2v) is 10.0. The quantitative estimate of drug-likeness (QED) is 0.662. The van der Waals surface area contributed by atoms with E-state index in [2.05, 4.69) is 13.8 Å². The average molecular weight is 332 g/mol. The fourth-order valence-corrected chi connectivity index (χ4v) is 7.78. The molecular formula is C21H32O3. The van der Waals surface area contributed by atoms with Crippen molar-refractivity contribution < 1.29 is 14.3 Å². The fraction of sp³-hybridized carbons (Fsp3) is 0.952. The molecule has 5 aliphatic rings. The van der Waals surface area contributed by atoms with Gasteiger partial charge < -0.3 is 9.47 Å². The molecule has 1 heterocycles. The molecule has 24 heavy (non-hydrogen) atoms. The molecule has 0 aromatic heterocycles. The molecule has 3 heteroatoms. The molecule has 0 amide bonds. The Bertz CT molecular complexity index is 551. The van der Waals surface area contributed by atoms with Crippen LogP contribution in [0.1, 0.15) is 71.6 Å².